The largest absolute Gasteiger partial charge is 0.366 e. The van der Waals surface area contributed by atoms with Gasteiger partial charge < -0.3 is 5.73 Å². The Balaban J connectivity index is 1.80. The molecule has 3 aromatic carbocycles. The Morgan fingerprint density at radius 2 is 1.30 bits per heavy atom. The Hall–Kier alpha value is -3.73. The molecule has 5 heteroatoms. The van der Waals surface area contributed by atoms with E-state index in [2.05, 4.69) is 10.5 Å². The third-order valence-electron chi connectivity index (χ3n) is 4.05. The molecule has 0 spiro atoms. The molecule has 0 fully saturated rings. The maximum Gasteiger partial charge on any atom is 0.271 e. The highest BCUT2D eigenvalue weighted by Crippen LogP contribution is 2.09. The molecule has 0 aliphatic carbocycles. The van der Waals surface area contributed by atoms with Crippen molar-refractivity contribution in [2.24, 2.45) is 10.8 Å². The quantitative estimate of drug-likeness (QED) is 0.524. The van der Waals surface area contributed by atoms with Crippen molar-refractivity contribution >= 4 is 17.5 Å². The Bertz CT molecular complexity index is 950. The molecule has 3 aromatic rings. The van der Waals surface area contributed by atoms with Crippen LogP contribution in [0, 0.1) is 0 Å². The number of benzene rings is 3. The number of hydrogen-bond donors (Lipinski definition) is 2. The predicted octanol–water partition coefficient (Wildman–Crippen LogP) is 3.16. The number of carbonyl (C=O) groups excluding carboxylic acids is 2. The first-order valence-corrected chi connectivity index (χ1v) is 8.49. The van der Waals surface area contributed by atoms with Crippen LogP contribution < -0.4 is 11.2 Å². The van der Waals surface area contributed by atoms with E-state index < -0.39 is 5.91 Å². The van der Waals surface area contributed by atoms with Crippen molar-refractivity contribution in [2.75, 3.05) is 0 Å². The molecule has 134 valence electrons. The van der Waals surface area contributed by atoms with E-state index in [1.165, 1.54) is 12.1 Å². The first kappa shape index (κ1) is 18.1. The molecule has 0 aliphatic heterocycles. The minimum atomic E-state index is -0.533. The van der Waals surface area contributed by atoms with Gasteiger partial charge in [-0.05, 0) is 35.4 Å². The first-order chi connectivity index (χ1) is 13.1. The van der Waals surface area contributed by atoms with Crippen LogP contribution in [0.5, 0.6) is 0 Å². The van der Waals surface area contributed by atoms with Crippen LogP contribution in [0.2, 0.25) is 0 Å². The van der Waals surface area contributed by atoms with Crippen molar-refractivity contribution in [3.63, 3.8) is 0 Å². The Morgan fingerprint density at radius 3 is 1.89 bits per heavy atom. The van der Waals surface area contributed by atoms with E-state index >= 15 is 0 Å². The first-order valence-electron chi connectivity index (χ1n) is 8.49. The minimum Gasteiger partial charge on any atom is -0.366 e. The molecule has 0 bridgehead atoms. The maximum atomic E-state index is 12.4. The molecule has 5 nitrogen and oxygen atoms in total. The van der Waals surface area contributed by atoms with Gasteiger partial charge in [-0.1, -0.05) is 60.7 Å². The van der Waals surface area contributed by atoms with Gasteiger partial charge in [-0.2, -0.15) is 5.10 Å². The van der Waals surface area contributed by atoms with E-state index in [0.29, 0.717) is 17.5 Å². The molecule has 0 aliphatic rings. The number of nitrogens with two attached hydrogens (primary N) is 1. The lowest BCUT2D eigenvalue weighted by Crippen LogP contribution is -2.21. The predicted molar refractivity (Wildman–Crippen MR) is 106 cm³/mol. The third kappa shape index (κ3) is 4.89. The van der Waals surface area contributed by atoms with E-state index in [1.54, 1.807) is 12.1 Å². The average molecular weight is 357 g/mol. The van der Waals surface area contributed by atoms with Crippen molar-refractivity contribution in [3.8, 4) is 0 Å². The molecular weight excluding hydrogens is 338 g/mol. The lowest BCUT2D eigenvalue weighted by molar-refractivity contribution is 0.0952. The number of nitrogens with one attached hydrogen (secondary N) is 1. The van der Waals surface area contributed by atoms with Crippen LogP contribution in [0.4, 0.5) is 0 Å². The Morgan fingerprint density at radius 1 is 0.741 bits per heavy atom. The van der Waals surface area contributed by atoms with Gasteiger partial charge in [0.15, 0.2) is 0 Å². The normalized spacial score (nSPS) is 11.0. The number of hydrazone groups is 1. The second-order valence-corrected chi connectivity index (χ2v) is 5.97. The zero-order valence-electron chi connectivity index (χ0n) is 14.6. The summed E-state index contributed by atoms with van der Waals surface area (Å²) in [4.78, 5) is 23.5. The van der Waals surface area contributed by atoms with Gasteiger partial charge in [0.2, 0.25) is 5.91 Å². The number of hydrogen-bond acceptors (Lipinski definition) is 3. The minimum absolute atomic E-state index is 0.351. The van der Waals surface area contributed by atoms with Crippen LogP contribution in [-0.4, -0.2) is 17.5 Å². The molecule has 0 saturated carbocycles. The summed E-state index contributed by atoms with van der Waals surface area (Å²) in [6.45, 7) is 0. The van der Waals surface area contributed by atoms with Gasteiger partial charge in [-0.15, -0.1) is 0 Å². The Labute approximate surface area is 157 Å². The highest BCUT2D eigenvalue weighted by Gasteiger charge is 2.09. The number of carbonyl (C=O) groups is 2. The second-order valence-electron chi connectivity index (χ2n) is 5.97. The molecule has 2 amide bonds. The Kier molecular flexibility index (Phi) is 5.74. The van der Waals surface area contributed by atoms with Gasteiger partial charge in [-0.25, -0.2) is 5.43 Å². The van der Waals surface area contributed by atoms with Crippen LogP contribution >= 0.6 is 0 Å². The summed E-state index contributed by atoms with van der Waals surface area (Å²) in [5.41, 5.74) is 11.4. The monoisotopic (exact) mass is 357 g/mol. The van der Waals surface area contributed by atoms with Crippen LogP contribution in [0.1, 0.15) is 31.8 Å². The maximum absolute atomic E-state index is 12.4. The topological polar surface area (TPSA) is 84.5 Å². The van der Waals surface area contributed by atoms with Crippen molar-refractivity contribution < 1.29 is 9.59 Å². The van der Waals surface area contributed by atoms with Crippen LogP contribution in [0.3, 0.4) is 0 Å². The molecule has 0 radical (unpaired) electrons. The van der Waals surface area contributed by atoms with Crippen molar-refractivity contribution in [2.45, 2.75) is 6.42 Å². The summed E-state index contributed by atoms with van der Waals surface area (Å²) in [5, 5.41) is 4.35. The lowest BCUT2D eigenvalue weighted by atomic mass is 10.0. The highest BCUT2D eigenvalue weighted by atomic mass is 16.2. The zero-order valence-corrected chi connectivity index (χ0v) is 14.6. The molecular formula is C22H19N3O2. The van der Waals surface area contributed by atoms with Gasteiger partial charge in [0.1, 0.15) is 0 Å². The van der Waals surface area contributed by atoms with E-state index in [4.69, 9.17) is 5.73 Å². The van der Waals surface area contributed by atoms with Crippen molar-refractivity contribution in [1.82, 2.24) is 5.43 Å². The van der Waals surface area contributed by atoms with E-state index in [-0.39, 0.29) is 5.91 Å². The van der Waals surface area contributed by atoms with Crippen molar-refractivity contribution in [3.05, 3.63) is 107 Å². The number of amides is 2. The standard InChI is InChI=1S/C22H19N3O2/c23-21(26)18-11-13-19(14-12-18)22(27)25-24-20(17-9-5-2-6-10-17)15-16-7-3-1-4-8-16/h1-14H,15H2,(H2,23,26)(H,25,27)/b24-20+. The smallest absolute Gasteiger partial charge is 0.271 e. The molecule has 0 heterocycles. The average Bonchev–Trinajstić information content (AvgIpc) is 2.72. The molecule has 0 atom stereocenters. The van der Waals surface area contributed by atoms with Gasteiger partial charge in [0.05, 0.1) is 5.71 Å². The summed E-state index contributed by atoms with van der Waals surface area (Å²) in [7, 11) is 0. The summed E-state index contributed by atoms with van der Waals surface area (Å²) in [6, 6.07) is 25.8. The van der Waals surface area contributed by atoms with Crippen molar-refractivity contribution in [1.29, 1.82) is 0 Å². The number of nitrogens with zero attached hydrogens (tertiary/aromatic N) is 1. The summed E-state index contributed by atoms with van der Waals surface area (Å²) < 4.78 is 0. The van der Waals surface area contributed by atoms with Gasteiger partial charge in [0.25, 0.3) is 5.91 Å². The lowest BCUT2D eigenvalue weighted by Gasteiger charge is -2.08. The van der Waals surface area contributed by atoms with E-state index in [1.807, 2.05) is 60.7 Å². The molecule has 3 N–H and O–H groups in total. The molecule has 3 rings (SSSR count). The summed E-state index contributed by atoms with van der Waals surface area (Å²) in [5.74, 6) is -0.887. The highest BCUT2D eigenvalue weighted by molar-refractivity contribution is 6.03. The van der Waals surface area contributed by atoms with Crippen LogP contribution in [0.25, 0.3) is 0 Å². The molecule has 0 unspecified atom stereocenters. The molecule has 0 saturated heterocycles. The number of primary amides is 1. The number of rotatable bonds is 6. The van der Waals surface area contributed by atoms with E-state index in [0.717, 1.165) is 16.8 Å². The fourth-order valence-corrected chi connectivity index (χ4v) is 2.59. The SMILES string of the molecule is NC(=O)c1ccc(C(=O)N/N=C(\Cc2ccccc2)c2ccccc2)cc1. The van der Waals surface area contributed by atoms with Gasteiger partial charge in [-0.3, -0.25) is 9.59 Å². The fraction of sp³-hybridized carbons (Fsp3) is 0.0455. The van der Waals surface area contributed by atoms with Crippen LogP contribution in [-0.2, 0) is 6.42 Å². The zero-order chi connectivity index (χ0) is 19.1. The van der Waals surface area contributed by atoms with E-state index in [9.17, 15) is 9.59 Å². The van der Waals surface area contributed by atoms with Crippen LogP contribution in [0.15, 0.2) is 90.0 Å². The van der Waals surface area contributed by atoms with Gasteiger partial charge >= 0.3 is 0 Å². The molecule has 0 aromatic heterocycles. The molecule has 27 heavy (non-hydrogen) atoms. The van der Waals surface area contributed by atoms with Gasteiger partial charge in [0, 0.05) is 17.5 Å². The fourth-order valence-electron chi connectivity index (χ4n) is 2.59. The second kappa shape index (κ2) is 8.58. The summed E-state index contributed by atoms with van der Waals surface area (Å²) in [6.07, 6.45) is 0.589. The summed E-state index contributed by atoms with van der Waals surface area (Å²) >= 11 is 0. The third-order valence-corrected chi connectivity index (χ3v) is 4.05.